The van der Waals surface area contributed by atoms with Crippen LogP contribution in [0.25, 0.3) is 0 Å². The zero-order valence-electron chi connectivity index (χ0n) is 9.03. The first kappa shape index (κ1) is 12.8. The van der Waals surface area contributed by atoms with Gasteiger partial charge >= 0.3 is 0 Å². The van der Waals surface area contributed by atoms with Crippen molar-refractivity contribution in [3.8, 4) is 0 Å². The van der Waals surface area contributed by atoms with Crippen molar-refractivity contribution in [2.45, 2.75) is 32.8 Å². The van der Waals surface area contributed by atoms with E-state index >= 15 is 0 Å². The number of hydrogen-bond acceptors (Lipinski definition) is 2. The topological polar surface area (TPSA) is 37.3 Å². The van der Waals surface area contributed by atoms with E-state index in [1.165, 1.54) is 0 Å². The van der Waals surface area contributed by atoms with Crippen molar-refractivity contribution < 1.29 is 9.90 Å². The van der Waals surface area contributed by atoms with Gasteiger partial charge in [0.2, 0.25) is 0 Å². The fourth-order valence-corrected chi connectivity index (χ4v) is 0.710. The van der Waals surface area contributed by atoms with Crippen LogP contribution in [0.15, 0.2) is 30.3 Å². The highest BCUT2D eigenvalue weighted by Gasteiger charge is 1.97. The van der Waals surface area contributed by atoms with Gasteiger partial charge in [-0.05, 0) is 26.3 Å². The van der Waals surface area contributed by atoms with Gasteiger partial charge in [-0.15, -0.1) is 0 Å². The molecule has 0 aromatic heterocycles. The number of carbonyl (C=O) groups is 1. The normalized spacial score (nSPS) is 10.0. The summed E-state index contributed by atoms with van der Waals surface area (Å²) >= 11 is 0. The molecule has 0 amide bonds. The summed E-state index contributed by atoms with van der Waals surface area (Å²) in [7, 11) is 0. The molecule has 0 unspecified atom stereocenters. The quantitative estimate of drug-likeness (QED) is 0.733. The maximum absolute atomic E-state index is 9.97. The van der Waals surface area contributed by atoms with Crippen molar-refractivity contribution in [1.29, 1.82) is 0 Å². The van der Waals surface area contributed by atoms with E-state index in [0.717, 1.165) is 11.8 Å². The maximum Gasteiger partial charge on any atom is 0.124 e. The molecule has 1 aromatic carbocycles. The van der Waals surface area contributed by atoms with E-state index in [4.69, 9.17) is 5.11 Å². The smallest absolute Gasteiger partial charge is 0.124 e. The predicted molar refractivity (Wildman–Crippen MR) is 58.2 cm³/mol. The summed E-state index contributed by atoms with van der Waals surface area (Å²) in [6.45, 7) is 5.23. The summed E-state index contributed by atoms with van der Waals surface area (Å²) in [5.74, 6) is 0. The average molecular weight is 194 g/mol. The van der Waals surface area contributed by atoms with Crippen LogP contribution < -0.4 is 0 Å². The molecule has 0 fully saturated rings. The molecule has 1 rings (SSSR count). The average Bonchev–Trinajstić information content (AvgIpc) is 2.03. The highest BCUT2D eigenvalue weighted by molar-refractivity contribution is 5.54. The van der Waals surface area contributed by atoms with E-state index < -0.39 is 5.60 Å². The molecule has 0 spiro atoms. The van der Waals surface area contributed by atoms with E-state index in [9.17, 15) is 4.79 Å². The Bertz CT molecular complexity index is 241. The molecule has 0 aliphatic heterocycles. The zero-order valence-corrected chi connectivity index (χ0v) is 9.03. The first-order chi connectivity index (χ1) is 6.43. The van der Waals surface area contributed by atoms with Crippen molar-refractivity contribution >= 4 is 6.29 Å². The molecule has 1 aromatic rings. The van der Waals surface area contributed by atoms with Gasteiger partial charge in [0.25, 0.3) is 0 Å². The predicted octanol–water partition coefficient (Wildman–Crippen LogP) is 2.21. The fraction of sp³-hybridized carbons (Fsp3) is 0.417. The molecule has 14 heavy (non-hydrogen) atoms. The van der Waals surface area contributed by atoms with Crippen LogP contribution in [0.1, 0.15) is 26.3 Å². The number of aldehydes is 1. The van der Waals surface area contributed by atoms with E-state index in [1.54, 1.807) is 20.8 Å². The van der Waals surface area contributed by atoms with E-state index in [-0.39, 0.29) is 0 Å². The van der Waals surface area contributed by atoms with Gasteiger partial charge in [-0.3, -0.25) is 0 Å². The first-order valence-corrected chi connectivity index (χ1v) is 4.63. The lowest BCUT2D eigenvalue weighted by Gasteiger charge is -2.04. The lowest BCUT2D eigenvalue weighted by molar-refractivity contribution is -0.107. The minimum Gasteiger partial charge on any atom is -0.391 e. The minimum absolute atomic E-state index is 0.500. The molecule has 0 aliphatic rings. The number of hydrogen-bond donors (Lipinski definition) is 1. The van der Waals surface area contributed by atoms with Crippen LogP contribution in [-0.4, -0.2) is 17.0 Å². The molecule has 0 aliphatic carbocycles. The van der Waals surface area contributed by atoms with Gasteiger partial charge < -0.3 is 9.90 Å². The molecule has 1 N–H and O–H groups in total. The SMILES string of the molecule is CC(C)(C)O.O=CCc1ccccc1. The van der Waals surface area contributed by atoms with Gasteiger partial charge in [-0.25, -0.2) is 0 Å². The Kier molecular flexibility index (Phi) is 5.81. The molecule has 2 nitrogen and oxygen atoms in total. The molecule has 0 bridgehead atoms. The van der Waals surface area contributed by atoms with Gasteiger partial charge in [0.15, 0.2) is 0 Å². The van der Waals surface area contributed by atoms with Crippen LogP contribution in [0.2, 0.25) is 0 Å². The Hall–Kier alpha value is -1.15. The second-order valence-corrected chi connectivity index (χ2v) is 4.03. The van der Waals surface area contributed by atoms with Gasteiger partial charge in [0.05, 0.1) is 5.60 Å². The van der Waals surface area contributed by atoms with Crippen LogP contribution in [-0.2, 0) is 11.2 Å². The molecule has 0 atom stereocenters. The standard InChI is InChI=1S/C8H8O.C4H10O/c9-7-6-8-4-2-1-3-5-8;1-4(2,3)5/h1-5,7H,6H2;5H,1-3H3. The highest BCUT2D eigenvalue weighted by Crippen LogP contribution is 1.96. The van der Waals surface area contributed by atoms with Crippen LogP contribution in [0, 0.1) is 0 Å². The van der Waals surface area contributed by atoms with Gasteiger partial charge in [0.1, 0.15) is 6.29 Å². The summed E-state index contributed by atoms with van der Waals surface area (Å²) in [6.07, 6.45) is 1.44. The van der Waals surface area contributed by atoms with Gasteiger partial charge in [-0.1, -0.05) is 30.3 Å². The minimum atomic E-state index is -0.500. The summed E-state index contributed by atoms with van der Waals surface area (Å²) in [4.78, 5) is 9.97. The summed E-state index contributed by atoms with van der Waals surface area (Å²) < 4.78 is 0. The Morgan fingerprint density at radius 2 is 1.64 bits per heavy atom. The third-order valence-electron chi connectivity index (χ3n) is 1.16. The van der Waals surface area contributed by atoms with Crippen LogP contribution in [0.4, 0.5) is 0 Å². The number of carbonyl (C=O) groups excluding carboxylic acids is 1. The van der Waals surface area contributed by atoms with Gasteiger partial charge in [0, 0.05) is 6.42 Å². The number of rotatable bonds is 2. The molecule has 78 valence electrons. The molecule has 0 heterocycles. The van der Waals surface area contributed by atoms with E-state index in [2.05, 4.69) is 0 Å². The molecular formula is C12H18O2. The van der Waals surface area contributed by atoms with E-state index in [1.807, 2.05) is 30.3 Å². The van der Waals surface area contributed by atoms with Crippen molar-refractivity contribution in [1.82, 2.24) is 0 Å². The van der Waals surface area contributed by atoms with E-state index in [0.29, 0.717) is 6.42 Å². The maximum atomic E-state index is 9.97. The highest BCUT2D eigenvalue weighted by atomic mass is 16.3. The molecular weight excluding hydrogens is 176 g/mol. The Morgan fingerprint density at radius 3 is 2.00 bits per heavy atom. The molecule has 0 saturated heterocycles. The Balaban J connectivity index is 0.000000292. The third-order valence-corrected chi connectivity index (χ3v) is 1.16. The number of benzene rings is 1. The lowest BCUT2D eigenvalue weighted by atomic mass is 10.2. The lowest BCUT2D eigenvalue weighted by Crippen LogP contribution is -2.10. The second-order valence-electron chi connectivity index (χ2n) is 4.03. The largest absolute Gasteiger partial charge is 0.391 e. The van der Waals surface area contributed by atoms with Crippen LogP contribution in [0.5, 0.6) is 0 Å². The Labute approximate surface area is 85.6 Å². The van der Waals surface area contributed by atoms with Crippen molar-refractivity contribution in [2.75, 3.05) is 0 Å². The zero-order chi connectivity index (χ0) is 11.0. The van der Waals surface area contributed by atoms with Crippen LogP contribution in [0.3, 0.4) is 0 Å². The van der Waals surface area contributed by atoms with Crippen molar-refractivity contribution in [2.24, 2.45) is 0 Å². The summed E-state index contributed by atoms with van der Waals surface area (Å²) in [5, 5.41) is 8.52. The number of aliphatic hydroxyl groups is 1. The fourth-order valence-electron chi connectivity index (χ4n) is 0.710. The van der Waals surface area contributed by atoms with Gasteiger partial charge in [-0.2, -0.15) is 0 Å². The van der Waals surface area contributed by atoms with Crippen LogP contribution >= 0.6 is 0 Å². The van der Waals surface area contributed by atoms with Crippen molar-refractivity contribution in [3.05, 3.63) is 35.9 Å². The molecule has 0 radical (unpaired) electrons. The summed E-state index contributed by atoms with van der Waals surface area (Å²) in [5.41, 5.74) is 0.576. The monoisotopic (exact) mass is 194 g/mol. The summed E-state index contributed by atoms with van der Waals surface area (Å²) in [6, 6.07) is 9.68. The molecule has 0 saturated carbocycles. The Morgan fingerprint density at radius 1 is 1.21 bits per heavy atom. The second kappa shape index (κ2) is 6.33. The third kappa shape index (κ3) is 10.8. The van der Waals surface area contributed by atoms with Crippen molar-refractivity contribution in [3.63, 3.8) is 0 Å². The molecule has 2 heteroatoms. The first-order valence-electron chi connectivity index (χ1n) is 4.63.